The van der Waals surface area contributed by atoms with Gasteiger partial charge in [0.2, 0.25) is 0 Å². The number of nitrogens with zero attached hydrogens (tertiary/aromatic N) is 5. The Morgan fingerprint density at radius 3 is 2.60 bits per heavy atom. The van der Waals surface area contributed by atoms with E-state index in [1.165, 1.54) is 12.8 Å². The van der Waals surface area contributed by atoms with Crippen LogP contribution in [0.2, 0.25) is 0 Å². The van der Waals surface area contributed by atoms with Gasteiger partial charge in [0.05, 0.1) is 5.69 Å². The van der Waals surface area contributed by atoms with E-state index in [1.54, 1.807) is 0 Å². The number of likely N-dealkylation sites (tertiary alicyclic amines) is 1. The molecule has 3 rings (SSSR count). The maximum Gasteiger partial charge on any atom is 0.158 e. The summed E-state index contributed by atoms with van der Waals surface area (Å²) in [7, 11) is 4.19. The molecule has 2 aromatic heterocycles. The number of rotatable bonds is 3. The van der Waals surface area contributed by atoms with Crippen molar-refractivity contribution < 1.29 is 0 Å². The molecule has 0 aromatic carbocycles. The zero-order valence-corrected chi connectivity index (χ0v) is 13.2. The molecular formula is C14H22ClN5. The first-order valence-electron chi connectivity index (χ1n) is 7.26. The molecule has 0 aliphatic carbocycles. The number of hydrogen-bond donors (Lipinski definition) is 0. The summed E-state index contributed by atoms with van der Waals surface area (Å²) in [6.45, 7) is 4.31. The summed E-state index contributed by atoms with van der Waals surface area (Å²) >= 11 is 5.96. The summed E-state index contributed by atoms with van der Waals surface area (Å²) in [4.78, 5) is 7.19. The fraction of sp³-hybridized carbons (Fsp3) is 0.714. The molecule has 0 saturated carbocycles. The normalized spacial score (nSPS) is 18.2. The first kappa shape index (κ1) is 13.9. The Balaban J connectivity index is 2.08. The Kier molecular flexibility index (Phi) is 3.73. The number of imidazole rings is 1. The van der Waals surface area contributed by atoms with Crippen molar-refractivity contribution in [1.29, 1.82) is 0 Å². The minimum Gasteiger partial charge on any atom is -0.310 e. The van der Waals surface area contributed by atoms with Crippen LogP contribution in [0.4, 0.5) is 0 Å². The third-order valence-electron chi connectivity index (χ3n) is 4.28. The highest BCUT2D eigenvalue weighted by atomic mass is 35.5. The number of aromatic nitrogens is 4. The molecule has 110 valence electrons. The zero-order chi connectivity index (χ0) is 14.3. The lowest BCUT2D eigenvalue weighted by Crippen LogP contribution is -2.32. The largest absolute Gasteiger partial charge is 0.310 e. The second kappa shape index (κ2) is 5.37. The summed E-state index contributed by atoms with van der Waals surface area (Å²) in [6.07, 6.45) is 3.16. The first-order chi connectivity index (χ1) is 9.61. The summed E-state index contributed by atoms with van der Waals surface area (Å²) in [5.41, 5.74) is 3.19. The average Bonchev–Trinajstić information content (AvgIpc) is 2.91. The molecule has 1 fully saturated rings. The van der Waals surface area contributed by atoms with Crippen LogP contribution in [0, 0.1) is 6.92 Å². The van der Waals surface area contributed by atoms with Gasteiger partial charge >= 0.3 is 0 Å². The van der Waals surface area contributed by atoms with Crippen LogP contribution in [0.25, 0.3) is 11.2 Å². The van der Waals surface area contributed by atoms with Crippen LogP contribution < -0.4 is 0 Å². The Morgan fingerprint density at radius 1 is 1.25 bits per heavy atom. The smallest absolute Gasteiger partial charge is 0.158 e. The number of halogens is 1. The highest BCUT2D eigenvalue weighted by Crippen LogP contribution is 2.29. The van der Waals surface area contributed by atoms with Gasteiger partial charge in [0.1, 0.15) is 11.3 Å². The molecule has 0 radical (unpaired) electrons. The highest BCUT2D eigenvalue weighted by Gasteiger charge is 2.25. The molecule has 0 atom stereocenters. The fourth-order valence-electron chi connectivity index (χ4n) is 3.24. The van der Waals surface area contributed by atoms with Crippen LogP contribution >= 0.6 is 11.6 Å². The van der Waals surface area contributed by atoms with Gasteiger partial charge in [-0.3, -0.25) is 4.68 Å². The lowest BCUT2D eigenvalue weighted by molar-refractivity contribution is 0.220. The van der Waals surface area contributed by atoms with E-state index in [4.69, 9.17) is 16.6 Å². The van der Waals surface area contributed by atoms with Gasteiger partial charge in [-0.2, -0.15) is 5.10 Å². The van der Waals surface area contributed by atoms with E-state index < -0.39 is 0 Å². The summed E-state index contributed by atoms with van der Waals surface area (Å²) in [5, 5.41) is 4.51. The molecule has 0 N–H and O–H groups in total. The third kappa shape index (κ3) is 2.23. The van der Waals surface area contributed by atoms with Crippen molar-refractivity contribution in [2.75, 3.05) is 26.0 Å². The minimum atomic E-state index is 0.518. The van der Waals surface area contributed by atoms with E-state index in [0.717, 1.165) is 42.2 Å². The van der Waals surface area contributed by atoms with Crippen molar-refractivity contribution in [1.82, 2.24) is 24.2 Å². The highest BCUT2D eigenvalue weighted by molar-refractivity contribution is 6.17. The zero-order valence-electron chi connectivity index (χ0n) is 12.4. The van der Waals surface area contributed by atoms with Gasteiger partial charge in [0.15, 0.2) is 5.65 Å². The monoisotopic (exact) mass is 295 g/mol. The molecule has 0 bridgehead atoms. The Morgan fingerprint density at radius 2 is 1.95 bits per heavy atom. The molecule has 3 heterocycles. The lowest BCUT2D eigenvalue weighted by atomic mass is 10.1. The van der Waals surface area contributed by atoms with Gasteiger partial charge < -0.3 is 9.47 Å². The van der Waals surface area contributed by atoms with Crippen LogP contribution in [0.3, 0.4) is 0 Å². The van der Waals surface area contributed by atoms with Crippen molar-refractivity contribution >= 4 is 22.8 Å². The van der Waals surface area contributed by atoms with Crippen LogP contribution in [-0.4, -0.2) is 50.2 Å². The van der Waals surface area contributed by atoms with Gasteiger partial charge in [0.25, 0.3) is 0 Å². The Labute approximate surface area is 124 Å². The molecule has 0 unspecified atom stereocenters. The van der Waals surface area contributed by atoms with E-state index in [-0.39, 0.29) is 0 Å². The Hall–Kier alpha value is -1.07. The van der Waals surface area contributed by atoms with E-state index >= 15 is 0 Å². The SMILES string of the molecule is Cc1nn(C)c2c1nc(CCCl)n2C1CCN(C)CC1. The fourth-order valence-corrected chi connectivity index (χ4v) is 3.41. The summed E-state index contributed by atoms with van der Waals surface area (Å²) < 4.78 is 4.36. The predicted octanol–water partition coefficient (Wildman–Crippen LogP) is 2.13. The molecule has 2 aromatic rings. The topological polar surface area (TPSA) is 38.9 Å². The lowest BCUT2D eigenvalue weighted by Gasteiger charge is -2.31. The second-order valence-electron chi connectivity index (χ2n) is 5.75. The number of alkyl halides is 1. The summed E-state index contributed by atoms with van der Waals surface area (Å²) in [5.74, 6) is 1.73. The van der Waals surface area contributed by atoms with E-state index in [1.807, 2.05) is 18.7 Å². The third-order valence-corrected chi connectivity index (χ3v) is 4.47. The van der Waals surface area contributed by atoms with Gasteiger partial charge in [-0.25, -0.2) is 4.98 Å². The van der Waals surface area contributed by atoms with Gasteiger partial charge in [-0.1, -0.05) is 0 Å². The quantitative estimate of drug-likeness (QED) is 0.814. The van der Waals surface area contributed by atoms with Crippen LogP contribution in [0.5, 0.6) is 0 Å². The molecule has 20 heavy (non-hydrogen) atoms. The van der Waals surface area contributed by atoms with Crippen LogP contribution in [0.15, 0.2) is 0 Å². The minimum absolute atomic E-state index is 0.518. The molecule has 6 heteroatoms. The molecule has 0 spiro atoms. The maximum absolute atomic E-state index is 5.96. The molecule has 1 saturated heterocycles. The molecule has 1 aliphatic heterocycles. The van der Waals surface area contributed by atoms with E-state index in [0.29, 0.717) is 11.9 Å². The van der Waals surface area contributed by atoms with Crippen LogP contribution in [-0.2, 0) is 13.5 Å². The van der Waals surface area contributed by atoms with Crippen molar-refractivity contribution in [3.05, 3.63) is 11.5 Å². The van der Waals surface area contributed by atoms with Gasteiger partial charge in [-0.15, -0.1) is 11.6 Å². The molecular weight excluding hydrogens is 274 g/mol. The standard InChI is InChI=1S/C14H22ClN5/c1-10-13-14(19(3)17-10)20(12(16-13)4-7-15)11-5-8-18(2)9-6-11/h11H,4-9H2,1-3H3. The average molecular weight is 296 g/mol. The number of hydrogen-bond acceptors (Lipinski definition) is 3. The van der Waals surface area contributed by atoms with Crippen molar-refractivity contribution in [2.45, 2.75) is 32.2 Å². The van der Waals surface area contributed by atoms with Crippen molar-refractivity contribution in [3.63, 3.8) is 0 Å². The van der Waals surface area contributed by atoms with Gasteiger partial charge in [-0.05, 0) is 39.9 Å². The van der Waals surface area contributed by atoms with Crippen molar-refractivity contribution in [2.24, 2.45) is 7.05 Å². The maximum atomic E-state index is 5.96. The predicted molar refractivity (Wildman–Crippen MR) is 81.4 cm³/mol. The van der Waals surface area contributed by atoms with Crippen LogP contribution in [0.1, 0.15) is 30.4 Å². The van der Waals surface area contributed by atoms with Gasteiger partial charge in [0, 0.05) is 25.4 Å². The van der Waals surface area contributed by atoms with E-state index in [9.17, 15) is 0 Å². The first-order valence-corrected chi connectivity index (χ1v) is 7.80. The number of fused-ring (bicyclic) bond motifs is 1. The van der Waals surface area contributed by atoms with E-state index in [2.05, 4.69) is 21.6 Å². The second-order valence-corrected chi connectivity index (χ2v) is 6.13. The Bertz CT molecular complexity index is 607. The molecule has 0 amide bonds. The number of aryl methyl sites for hydroxylation is 3. The van der Waals surface area contributed by atoms with Crippen molar-refractivity contribution in [3.8, 4) is 0 Å². The molecule has 5 nitrogen and oxygen atoms in total. The summed E-state index contributed by atoms with van der Waals surface area (Å²) in [6, 6.07) is 0.518. The number of piperidine rings is 1. The molecule has 1 aliphatic rings.